The van der Waals surface area contributed by atoms with Crippen LogP contribution in [0.4, 0.5) is 5.00 Å². The van der Waals surface area contributed by atoms with Crippen LogP contribution in [0.5, 0.6) is 0 Å². The largest absolute Gasteiger partial charge is 0.352 e. The van der Waals surface area contributed by atoms with Gasteiger partial charge < -0.3 is 10.6 Å². The van der Waals surface area contributed by atoms with Crippen LogP contribution in [0.1, 0.15) is 65.5 Å². The Hall–Kier alpha value is -1.45. The first-order valence-electron chi connectivity index (χ1n) is 9.80. The van der Waals surface area contributed by atoms with Crippen molar-refractivity contribution in [2.75, 3.05) is 5.32 Å². The van der Waals surface area contributed by atoms with Crippen molar-refractivity contribution in [1.29, 1.82) is 5.26 Å². The monoisotopic (exact) mass is 483 g/mol. The average molecular weight is 485 g/mol. The molecule has 1 amide bonds. The number of carbonyl (C=O) groups is 1. The fourth-order valence-corrected chi connectivity index (χ4v) is 5.05. The number of alkyl halides is 3. The molecule has 2 aromatic rings. The SMILES string of the molecule is CC(C)(C)c1ccc(C(=O)N[C@@H](Nc2sc3c(c2C#N)CCCC3)C(Cl)(Cl)Cl)cc1. The maximum absolute atomic E-state index is 12.8. The molecule has 0 saturated heterocycles. The predicted octanol–water partition coefficient (Wildman–Crippen LogP) is 6.33. The number of rotatable bonds is 4. The van der Waals surface area contributed by atoms with Gasteiger partial charge in [-0.2, -0.15) is 5.26 Å². The molecule has 4 nitrogen and oxygen atoms in total. The molecule has 30 heavy (non-hydrogen) atoms. The maximum Gasteiger partial charge on any atom is 0.252 e. The van der Waals surface area contributed by atoms with Gasteiger partial charge in [-0.3, -0.25) is 4.79 Å². The van der Waals surface area contributed by atoms with Crippen LogP contribution in [0.2, 0.25) is 0 Å². The quantitative estimate of drug-likeness (QED) is 0.393. The van der Waals surface area contributed by atoms with Gasteiger partial charge in [0.05, 0.1) is 5.56 Å². The van der Waals surface area contributed by atoms with Crippen molar-refractivity contribution in [2.24, 2.45) is 0 Å². The van der Waals surface area contributed by atoms with Crippen molar-refractivity contribution < 1.29 is 4.79 Å². The van der Waals surface area contributed by atoms with Crippen LogP contribution >= 0.6 is 46.1 Å². The Morgan fingerprint density at radius 1 is 1.13 bits per heavy atom. The molecule has 0 bridgehead atoms. The van der Waals surface area contributed by atoms with E-state index < -0.39 is 9.96 Å². The van der Waals surface area contributed by atoms with Crippen LogP contribution in [0, 0.1) is 11.3 Å². The zero-order valence-electron chi connectivity index (χ0n) is 17.1. The first-order chi connectivity index (χ1) is 14.0. The number of amides is 1. The molecule has 1 atom stereocenters. The van der Waals surface area contributed by atoms with E-state index >= 15 is 0 Å². The van der Waals surface area contributed by atoms with Crippen LogP contribution in [0.25, 0.3) is 0 Å². The Labute approximate surface area is 196 Å². The normalized spacial score (nSPS) is 15.1. The summed E-state index contributed by atoms with van der Waals surface area (Å²) in [7, 11) is 0. The van der Waals surface area contributed by atoms with Gasteiger partial charge in [-0.05, 0) is 54.4 Å². The van der Waals surface area contributed by atoms with Gasteiger partial charge in [-0.15, -0.1) is 11.3 Å². The molecule has 1 aliphatic rings. The van der Waals surface area contributed by atoms with Gasteiger partial charge in [0.1, 0.15) is 17.2 Å². The molecule has 0 fully saturated rings. The number of benzene rings is 1. The summed E-state index contributed by atoms with van der Waals surface area (Å²) >= 11 is 20.0. The highest BCUT2D eigenvalue weighted by Crippen LogP contribution is 2.40. The number of hydrogen-bond acceptors (Lipinski definition) is 4. The van der Waals surface area contributed by atoms with Gasteiger partial charge in [0.2, 0.25) is 3.79 Å². The number of carbonyl (C=O) groups excluding carboxylic acids is 1. The summed E-state index contributed by atoms with van der Waals surface area (Å²) < 4.78 is -1.81. The lowest BCUT2D eigenvalue weighted by Crippen LogP contribution is -2.49. The number of fused-ring (bicyclic) bond motifs is 1. The van der Waals surface area contributed by atoms with Crippen LogP contribution in [-0.4, -0.2) is 15.9 Å². The highest BCUT2D eigenvalue weighted by molar-refractivity contribution is 7.16. The number of halogens is 3. The second-order valence-electron chi connectivity index (χ2n) is 8.45. The van der Waals surface area contributed by atoms with Crippen LogP contribution in [0.15, 0.2) is 24.3 Å². The third kappa shape index (κ3) is 5.23. The molecule has 0 spiro atoms. The van der Waals surface area contributed by atoms with Gasteiger partial charge in [-0.1, -0.05) is 67.7 Å². The summed E-state index contributed by atoms with van der Waals surface area (Å²) in [6, 6.07) is 9.64. The molecule has 1 aromatic heterocycles. The van der Waals surface area contributed by atoms with E-state index in [9.17, 15) is 10.1 Å². The van der Waals surface area contributed by atoms with Crippen molar-refractivity contribution >= 4 is 57.0 Å². The Balaban J connectivity index is 1.82. The van der Waals surface area contributed by atoms with E-state index in [0.717, 1.165) is 36.8 Å². The van der Waals surface area contributed by atoms with Crippen molar-refractivity contribution in [1.82, 2.24) is 5.32 Å². The van der Waals surface area contributed by atoms with E-state index in [1.807, 2.05) is 12.1 Å². The van der Waals surface area contributed by atoms with E-state index in [-0.39, 0.29) is 11.3 Å². The Morgan fingerprint density at radius 2 is 1.77 bits per heavy atom. The number of nitriles is 1. The molecule has 1 aromatic carbocycles. The lowest BCUT2D eigenvalue weighted by Gasteiger charge is -2.27. The van der Waals surface area contributed by atoms with Gasteiger partial charge in [-0.25, -0.2) is 0 Å². The molecule has 2 N–H and O–H groups in total. The van der Waals surface area contributed by atoms with Crippen LogP contribution in [-0.2, 0) is 18.3 Å². The second-order valence-corrected chi connectivity index (χ2v) is 11.9. The minimum absolute atomic E-state index is 0.0113. The smallest absolute Gasteiger partial charge is 0.252 e. The minimum Gasteiger partial charge on any atom is -0.352 e. The standard InChI is InChI=1S/C22H24Cl3N3OS/c1-21(2,3)14-10-8-13(9-11-14)18(29)27-20(22(23,24)25)28-19-16(12-26)15-6-4-5-7-17(15)30-19/h8-11,20,28H,4-7H2,1-3H3,(H,27,29)/t20-/m0/s1. The summed E-state index contributed by atoms with van der Waals surface area (Å²) in [4.78, 5) is 14.0. The molecule has 0 radical (unpaired) electrons. The number of nitrogens with zero attached hydrogens (tertiary/aromatic N) is 1. The van der Waals surface area contributed by atoms with Crippen molar-refractivity contribution in [3.8, 4) is 6.07 Å². The number of thiophene rings is 1. The van der Waals surface area contributed by atoms with Gasteiger partial charge in [0.15, 0.2) is 0 Å². The van der Waals surface area contributed by atoms with Gasteiger partial charge >= 0.3 is 0 Å². The molecule has 160 valence electrons. The summed E-state index contributed by atoms with van der Waals surface area (Å²) in [5.41, 5.74) is 3.23. The molecule has 8 heteroatoms. The van der Waals surface area contributed by atoms with E-state index in [2.05, 4.69) is 37.5 Å². The molecule has 3 rings (SSSR count). The lowest BCUT2D eigenvalue weighted by atomic mass is 9.87. The highest BCUT2D eigenvalue weighted by atomic mass is 35.6. The first kappa shape index (κ1) is 23.2. The van der Waals surface area contributed by atoms with Crippen molar-refractivity contribution in [3.05, 3.63) is 51.4 Å². The maximum atomic E-state index is 12.8. The third-order valence-electron chi connectivity index (χ3n) is 5.17. The Bertz CT molecular complexity index is 966. The zero-order chi connectivity index (χ0) is 22.1. The number of aryl methyl sites for hydroxylation is 1. The van der Waals surface area contributed by atoms with Gasteiger partial charge in [0.25, 0.3) is 5.91 Å². The molecule has 0 aliphatic heterocycles. The number of anilines is 1. The second kappa shape index (κ2) is 8.96. The third-order valence-corrected chi connectivity index (χ3v) is 7.05. The van der Waals surface area contributed by atoms with E-state index in [1.165, 1.54) is 16.2 Å². The van der Waals surface area contributed by atoms with Crippen molar-refractivity contribution in [2.45, 2.75) is 61.8 Å². The summed E-state index contributed by atoms with van der Waals surface area (Å²) in [6.45, 7) is 6.33. The summed E-state index contributed by atoms with van der Waals surface area (Å²) in [5.74, 6) is -0.362. The predicted molar refractivity (Wildman–Crippen MR) is 126 cm³/mol. The fourth-order valence-electron chi connectivity index (χ4n) is 3.45. The lowest BCUT2D eigenvalue weighted by molar-refractivity contribution is 0.0942. The minimum atomic E-state index is -1.81. The number of nitrogens with one attached hydrogen (secondary N) is 2. The number of hydrogen-bond donors (Lipinski definition) is 2. The first-order valence-corrected chi connectivity index (χ1v) is 11.7. The molecule has 1 heterocycles. The van der Waals surface area contributed by atoms with Crippen LogP contribution in [0.3, 0.4) is 0 Å². The molecule has 1 aliphatic carbocycles. The van der Waals surface area contributed by atoms with Crippen LogP contribution < -0.4 is 10.6 Å². The Kier molecular flexibility index (Phi) is 6.94. The molecular formula is C22H24Cl3N3OS. The fraction of sp³-hybridized carbons (Fsp3) is 0.455. The topological polar surface area (TPSA) is 64.9 Å². The summed E-state index contributed by atoms with van der Waals surface area (Å²) in [5, 5.41) is 16.2. The highest BCUT2D eigenvalue weighted by Gasteiger charge is 2.36. The molecule has 0 saturated carbocycles. The Morgan fingerprint density at radius 3 is 2.33 bits per heavy atom. The van der Waals surface area contributed by atoms with E-state index in [4.69, 9.17) is 34.8 Å². The van der Waals surface area contributed by atoms with E-state index in [1.54, 1.807) is 12.1 Å². The molecule has 0 unspecified atom stereocenters. The molecular weight excluding hydrogens is 461 g/mol. The average Bonchev–Trinajstić information content (AvgIpc) is 3.03. The van der Waals surface area contributed by atoms with Crippen molar-refractivity contribution in [3.63, 3.8) is 0 Å². The van der Waals surface area contributed by atoms with Gasteiger partial charge in [0, 0.05) is 10.4 Å². The van der Waals surface area contributed by atoms with E-state index in [0.29, 0.717) is 16.1 Å². The summed E-state index contributed by atoms with van der Waals surface area (Å²) in [6.07, 6.45) is 2.99. The zero-order valence-corrected chi connectivity index (χ0v) is 20.2.